The number of hydrogen-bond acceptors (Lipinski definition) is 4. The fourth-order valence-corrected chi connectivity index (χ4v) is 2.25. The third-order valence-corrected chi connectivity index (χ3v) is 3.47. The molecule has 0 unspecified atom stereocenters. The van der Waals surface area contributed by atoms with Gasteiger partial charge in [-0.3, -0.25) is 0 Å². The highest BCUT2D eigenvalue weighted by Gasteiger charge is 2.13. The molecule has 5 nitrogen and oxygen atoms in total. The van der Waals surface area contributed by atoms with Crippen molar-refractivity contribution in [2.45, 2.75) is 39.7 Å². The minimum absolute atomic E-state index is 0.284. The van der Waals surface area contributed by atoms with Crippen LogP contribution in [0.2, 0.25) is 0 Å². The number of furan rings is 1. The molecular formula is C16H20N4O. The lowest BCUT2D eigenvalue weighted by Gasteiger charge is -2.09. The first-order valence-electron chi connectivity index (χ1n) is 7.33. The molecule has 0 spiro atoms. The van der Waals surface area contributed by atoms with Crippen LogP contribution >= 0.6 is 0 Å². The molecular weight excluding hydrogens is 264 g/mol. The normalized spacial score (nSPS) is 11.4. The average molecular weight is 284 g/mol. The summed E-state index contributed by atoms with van der Waals surface area (Å²) in [4.78, 5) is 12.6. The molecule has 3 rings (SSSR count). The zero-order chi connectivity index (χ0) is 14.8. The number of aryl methyl sites for hydroxylation is 1. The van der Waals surface area contributed by atoms with Gasteiger partial charge in [0.15, 0.2) is 0 Å². The predicted molar refractivity (Wildman–Crippen MR) is 83.4 cm³/mol. The number of hydrogen-bond donors (Lipinski definition) is 2. The third kappa shape index (κ3) is 2.77. The van der Waals surface area contributed by atoms with Gasteiger partial charge in [-0.15, -0.1) is 0 Å². The van der Waals surface area contributed by atoms with Crippen molar-refractivity contribution in [2.24, 2.45) is 0 Å². The Bertz CT molecular complexity index is 728. The quantitative estimate of drug-likeness (QED) is 0.747. The summed E-state index contributed by atoms with van der Waals surface area (Å²) in [5, 5.41) is 4.39. The molecule has 0 saturated heterocycles. The standard InChI is InChI=1S/C16H20N4O/c1-4-11-8-13-15(17-9-12-6-5-7-21-12)19-14(10(2)3)20-16(13)18-11/h5-8,10H,4,9H2,1-3H3,(H2,17,18,19,20). The van der Waals surface area contributed by atoms with Crippen molar-refractivity contribution < 1.29 is 4.42 Å². The number of aromatic nitrogens is 3. The average Bonchev–Trinajstić information content (AvgIpc) is 3.13. The van der Waals surface area contributed by atoms with Gasteiger partial charge in [0.2, 0.25) is 0 Å². The van der Waals surface area contributed by atoms with Crippen LogP contribution in [-0.4, -0.2) is 15.0 Å². The van der Waals surface area contributed by atoms with Gasteiger partial charge in [-0.2, -0.15) is 0 Å². The van der Waals surface area contributed by atoms with Crippen LogP contribution in [0.1, 0.15) is 44.0 Å². The Kier molecular flexibility index (Phi) is 3.64. The highest BCUT2D eigenvalue weighted by molar-refractivity contribution is 5.88. The molecule has 110 valence electrons. The summed E-state index contributed by atoms with van der Waals surface area (Å²) in [6.07, 6.45) is 2.63. The predicted octanol–water partition coefficient (Wildman–Crippen LogP) is 3.85. The van der Waals surface area contributed by atoms with Crippen molar-refractivity contribution in [3.05, 3.63) is 41.7 Å². The molecule has 3 aromatic rings. The molecule has 0 aliphatic heterocycles. The van der Waals surface area contributed by atoms with E-state index < -0.39 is 0 Å². The van der Waals surface area contributed by atoms with E-state index in [-0.39, 0.29) is 5.92 Å². The van der Waals surface area contributed by atoms with E-state index in [1.54, 1.807) is 6.26 Å². The van der Waals surface area contributed by atoms with Crippen LogP contribution in [0.3, 0.4) is 0 Å². The van der Waals surface area contributed by atoms with Crippen molar-refractivity contribution in [3.8, 4) is 0 Å². The van der Waals surface area contributed by atoms with Crippen molar-refractivity contribution >= 4 is 16.9 Å². The van der Waals surface area contributed by atoms with Gasteiger partial charge in [0.05, 0.1) is 18.2 Å². The Morgan fingerprint density at radius 2 is 2.19 bits per heavy atom. The molecule has 0 saturated carbocycles. The maximum Gasteiger partial charge on any atom is 0.143 e. The van der Waals surface area contributed by atoms with Gasteiger partial charge in [0.1, 0.15) is 23.0 Å². The number of rotatable bonds is 5. The Hall–Kier alpha value is -2.30. The zero-order valence-corrected chi connectivity index (χ0v) is 12.6. The van der Waals surface area contributed by atoms with E-state index in [4.69, 9.17) is 4.42 Å². The monoisotopic (exact) mass is 284 g/mol. The molecule has 0 aliphatic rings. The molecule has 0 amide bonds. The smallest absolute Gasteiger partial charge is 0.143 e. The molecule has 3 heterocycles. The van der Waals surface area contributed by atoms with Gasteiger partial charge in [-0.1, -0.05) is 20.8 Å². The van der Waals surface area contributed by atoms with Crippen LogP contribution in [0.5, 0.6) is 0 Å². The Labute approximate surface area is 123 Å². The summed E-state index contributed by atoms with van der Waals surface area (Å²) >= 11 is 0. The first kappa shape index (κ1) is 13.7. The largest absolute Gasteiger partial charge is 0.467 e. The minimum Gasteiger partial charge on any atom is -0.467 e. The highest BCUT2D eigenvalue weighted by atomic mass is 16.3. The lowest BCUT2D eigenvalue weighted by Crippen LogP contribution is -2.05. The molecule has 0 radical (unpaired) electrons. The van der Waals surface area contributed by atoms with Gasteiger partial charge in [-0.25, -0.2) is 9.97 Å². The summed E-state index contributed by atoms with van der Waals surface area (Å²) in [5.74, 6) is 2.87. The molecule has 2 N–H and O–H groups in total. The van der Waals surface area contributed by atoms with Crippen molar-refractivity contribution in [1.29, 1.82) is 0 Å². The first-order chi connectivity index (χ1) is 10.2. The van der Waals surface area contributed by atoms with E-state index in [1.165, 1.54) is 5.69 Å². The van der Waals surface area contributed by atoms with Crippen molar-refractivity contribution in [1.82, 2.24) is 15.0 Å². The van der Waals surface area contributed by atoms with Crippen LogP contribution in [0.25, 0.3) is 11.0 Å². The highest BCUT2D eigenvalue weighted by Crippen LogP contribution is 2.24. The first-order valence-corrected chi connectivity index (χ1v) is 7.33. The van der Waals surface area contributed by atoms with E-state index in [9.17, 15) is 0 Å². The fraction of sp³-hybridized carbons (Fsp3) is 0.375. The number of H-pyrrole nitrogens is 1. The Morgan fingerprint density at radius 3 is 2.86 bits per heavy atom. The summed E-state index contributed by atoms with van der Waals surface area (Å²) < 4.78 is 5.36. The molecule has 0 aromatic carbocycles. The lowest BCUT2D eigenvalue weighted by molar-refractivity contribution is 0.518. The van der Waals surface area contributed by atoms with Crippen LogP contribution in [0.15, 0.2) is 28.9 Å². The summed E-state index contributed by atoms with van der Waals surface area (Å²) in [6, 6.07) is 5.95. The third-order valence-electron chi connectivity index (χ3n) is 3.47. The van der Waals surface area contributed by atoms with E-state index in [0.29, 0.717) is 6.54 Å². The van der Waals surface area contributed by atoms with Crippen LogP contribution < -0.4 is 5.32 Å². The van der Waals surface area contributed by atoms with Crippen molar-refractivity contribution in [2.75, 3.05) is 5.32 Å². The number of aromatic amines is 1. The second kappa shape index (κ2) is 5.60. The maximum atomic E-state index is 5.36. The van der Waals surface area contributed by atoms with E-state index in [0.717, 1.165) is 34.9 Å². The van der Waals surface area contributed by atoms with E-state index in [1.807, 2.05) is 12.1 Å². The van der Waals surface area contributed by atoms with Gasteiger partial charge in [-0.05, 0) is 24.6 Å². The number of nitrogens with zero attached hydrogens (tertiary/aromatic N) is 2. The number of nitrogens with one attached hydrogen (secondary N) is 2. The molecule has 5 heteroatoms. The topological polar surface area (TPSA) is 66.7 Å². The molecule has 3 aromatic heterocycles. The Balaban J connectivity index is 1.99. The fourth-order valence-electron chi connectivity index (χ4n) is 2.25. The maximum absolute atomic E-state index is 5.36. The van der Waals surface area contributed by atoms with Crippen LogP contribution in [-0.2, 0) is 13.0 Å². The van der Waals surface area contributed by atoms with Crippen molar-refractivity contribution in [3.63, 3.8) is 0 Å². The lowest BCUT2D eigenvalue weighted by atomic mass is 10.2. The van der Waals surface area contributed by atoms with Crippen LogP contribution in [0, 0.1) is 0 Å². The number of anilines is 1. The SMILES string of the molecule is CCc1cc2c(NCc3ccco3)nc(C(C)C)nc2[nH]1. The van der Waals surface area contributed by atoms with E-state index in [2.05, 4.69) is 47.1 Å². The number of fused-ring (bicyclic) bond motifs is 1. The second-order valence-electron chi connectivity index (χ2n) is 5.43. The Morgan fingerprint density at radius 1 is 1.33 bits per heavy atom. The van der Waals surface area contributed by atoms with Gasteiger partial charge in [0, 0.05) is 11.6 Å². The summed E-state index contributed by atoms with van der Waals surface area (Å²) in [7, 11) is 0. The van der Waals surface area contributed by atoms with E-state index >= 15 is 0 Å². The second-order valence-corrected chi connectivity index (χ2v) is 5.43. The zero-order valence-electron chi connectivity index (χ0n) is 12.6. The minimum atomic E-state index is 0.284. The molecule has 0 bridgehead atoms. The molecule has 0 fully saturated rings. The molecule has 0 atom stereocenters. The van der Waals surface area contributed by atoms with Gasteiger partial charge < -0.3 is 14.7 Å². The van der Waals surface area contributed by atoms with Crippen LogP contribution in [0.4, 0.5) is 5.82 Å². The molecule has 21 heavy (non-hydrogen) atoms. The summed E-state index contributed by atoms with van der Waals surface area (Å²) in [6.45, 7) is 6.93. The summed E-state index contributed by atoms with van der Waals surface area (Å²) in [5.41, 5.74) is 2.06. The van der Waals surface area contributed by atoms with Gasteiger partial charge >= 0.3 is 0 Å². The van der Waals surface area contributed by atoms with Gasteiger partial charge in [0.25, 0.3) is 0 Å². The molecule has 0 aliphatic carbocycles.